The zero-order valence-corrected chi connectivity index (χ0v) is 11.3. The van der Waals surface area contributed by atoms with E-state index in [0.717, 1.165) is 0 Å². The third-order valence-corrected chi connectivity index (χ3v) is 3.04. The summed E-state index contributed by atoms with van der Waals surface area (Å²) in [6, 6.07) is 4.41. The van der Waals surface area contributed by atoms with Gasteiger partial charge in [0.15, 0.2) is 0 Å². The maximum Gasteiger partial charge on any atom is 0.454 e. The zero-order valence-electron chi connectivity index (χ0n) is 11.3. The van der Waals surface area contributed by atoms with Crippen molar-refractivity contribution in [2.45, 2.75) is 20.0 Å². The minimum Gasteiger partial charge on any atom is -0.461 e. The van der Waals surface area contributed by atoms with Crippen LogP contribution in [0.15, 0.2) is 24.4 Å². The van der Waals surface area contributed by atoms with Gasteiger partial charge in [-0.1, -0.05) is 6.07 Å². The smallest absolute Gasteiger partial charge is 0.454 e. The number of fused-ring (bicyclic) bond motifs is 1. The molecule has 2 rings (SSSR count). The molecule has 0 amide bonds. The number of Topliss-reactive ketones (excluding diaryl/α,β-unsaturated/α-hetero) is 1. The Morgan fingerprint density at radius 2 is 1.95 bits per heavy atom. The third kappa shape index (κ3) is 2.51. The van der Waals surface area contributed by atoms with Crippen molar-refractivity contribution in [2.24, 2.45) is 0 Å². The fourth-order valence-electron chi connectivity index (χ4n) is 2.21. The number of halogens is 3. The molecule has 0 aliphatic carbocycles. The van der Waals surface area contributed by atoms with Gasteiger partial charge in [-0.05, 0) is 31.5 Å². The molecule has 21 heavy (non-hydrogen) atoms. The van der Waals surface area contributed by atoms with Crippen LogP contribution in [0.2, 0.25) is 0 Å². The van der Waals surface area contributed by atoms with Crippen molar-refractivity contribution in [2.75, 3.05) is 6.61 Å². The highest BCUT2D eigenvalue weighted by Crippen LogP contribution is 2.30. The highest BCUT2D eigenvalue weighted by molar-refractivity contribution is 6.10. The number of ketones is 1. The standard InChI is InChI=1S/C14H12F3NO3/c1-3-21-13(20)11-8(2)10(12(19)14(15,16)17)9-6-4-5-7-18(9)11/h4-7H,3H2,1-2H3. The quantitative estimate of drug-likeness (QED) is 0.646. The van der Waals surface area contributed by atoms with E-state index in [1.54, 1.807) is 13.0 Å². The lowest BCUT2D eigenvalue weighted by molar-refractivity contribution is -0.0884. The first kappa shape index (κ1) is 15.1. The largest absolute Gasteiger partial charge is 0.461 e. The van der Waals surface area contributed by atoms with Gasteiger partial charge in [0.05, 0.1) is 17.7 Å². The molecule has 0 bridgehead atoms. The van der Waals surface area contributed by atoms with E-state index in [1.807, 2.05) is 0 Å². The maximum atomic E-state index is 12.7. The summed E-state index contributed by atoms with van der Waals surface area (Å²) in [4.78, 5) is 23.5. The number of aromatic nitrogens is 1. The number of esters is 1. The molecule has 4 nitrogen and oxygen atoms in total. The maximum absolute atomic E-state index is 12.7. The topological polar surface area (TPSA) is 47.8 Å². The Hall–Kier alpha value is -2.31. The molecule has 0 aliphatic rings. The van der Waals surface area contributed by atoms with Crippen LogP contribution in [0.5, 0.6) is 0 Å². The van der Waals surface area contributed by atoms with Gasteiger partial charge in [-0.25, -0.2) is 4.79 Å². The van der Waals surface area contributed by atoms with E-state index in [-0.39, 0.29) is 23.4 Å². The SMILES string of the molecule is CCOC(=O)c1c(C)c(C(=O)C(F)(F)F)c2ccccn12. The first-order valence-corrected chi connectivity index (χ1v) is 6.17. The molecule has 2 heterocycles. The number of carbonyl (C=O) groups excluding carboxylic acids is 2. The van der Waals surface area contributed by atoms with Crippen LogP contribution in [-0.4, -0.2) is 28.9 Å². The molecule has 0 aromatic carbocycles. The van der Waals surface area contributed by atoms with Crippen molar-refractivity contribution >= 4 is 17.3 Å². The van der Waals surface area contributed by atoms with Crippen LogP contribution in [-0.2, 0) is 4.74 Å². The van der Waals surface area contributed by atoms with E-state index in [0.29, 0.717) is 0 Å². The fraction of sp³-hybridized carbons (Fsp3) is 0.286. The first-order chi connectivity index (χ1) is 9.79. The molecule has 7 heteroatoms. The Balaban J connectivity index is 2.76. The van der Waals surface area contributed by atoms with Crippen LogP contribution in [0.4, 0.5) is 13.2 Å². The number of hydrogen-bond donors (Lipinski definition) is 0. The Labute approximate surface area is 118 Å². The molecule has 2 aromatic rings. The molecule has 0 saturated heterocycles. The summed E-state index contributed by atoms with van der Waals surface area (Å²) < 4.78 is 44.3. The Morgan fingerprint density at radius 3 is 2.52 bits per heavy atom. The minimum atomic E-state index is -5.01. The van der Waals surface area contributed by atoms with Crippen molar-refractivity contribution in [3.05, 3.63) is 41.2 Å². The van der Waals surface area contributed by atoms with Crippen molar-refractivity contribution in [1.82, 2.24) is 4.40 Å². The number of nitrogens with zero attached hydrogens (tertiary/aromatic N) is 1. The summed E-state index contributed by atoms with van der Waals surface area (Å²) in [6.07, 6.45) is -3.59. The molecule has 0 saturated carbocycles. The summed E-state index contributed by atoms with van der Waals surface area (Å²) in [6.45, 7) is 2.98. The zero-order chi connectivity index (χ0) is 15.8. The normalized spacial score (nSPS) is 11.7. The van der Waals surface area contributed by atoms with Crippen LogP contribution in [0.25, 0.3) is 5.52 Å². The number of ether oxygens (including phenoxy) is 1. The van der Waals surface area contributed by atoms with E-state index in [1.165, 1.54) is 29.7 Å². The van der Waals surface area contributed by atoms with Crippen LogP contribution in [0.1, 0.15) is 33.3 Å². The molecule has 0 spiro atoms. The van der Waals surface area contributed by atoms with Gasteiger partial charge < -0.3 is 9.14 Å². The summed E-state index contributed by atoms with van der Waals surface area (Å²) in [5.41, 5.74) is -0.603. The van der Waals surface area contributed by atoms with E-state index in [2.05, 4.69) is 0 Å². The summed E-state index contributed by atoms with van der Waals surface area (Å²) in [7, 11) is 0. The van der Waals surface area contributed by atoms with Crippen LogP contribution in [0.3, 0.4) is 0 Å². The predicted molar refractivity (Wildman–Crippen MR) is 68.5 cm³/mol. The second-order valence-corrected chi connectivity index (χ2v) is 4.35. The molecule has 2 aromatic heterocycles. The Morgan fingerprint density at radius 1 is 1.29 bits per heavy atom. The highest BCUT2D eigenvalue weighted by Gasteiger charge is 2.42. The number of carbonyl (C=O) groups is 2. The second kappa shape index (κ2) is 5.23. The summed E-state index contributed by atoms with van der Waals surface area (Å²) in [5, 5.41) is 0. The predicted octanol–water partition coefficient (Wildman–Crippen LogP) is 3.17. The van der Waals surface area contributed by atoms with Gasteiger partial charge in [-0.2, -0.15) is 13.2 Å². The number of alkyl halides is 3. The minimum absolute atomic E-state index is 0.0281. The van der Waals surface area contributed by atoms with Gasteiger partial charge in [0.1, 0.15) is 5.69 Å². The van der Waals surface area contributed by atoms with Gasteiger partial charge in [0.2, 0.25) is 0 Å². The Kier molecular flexibility index (Phi) is 3.76. The third-order valence-electron chi connectivity index (χ3n) is 3.04. The van der Waals surface area contributed by atoms with E-state index in [4.69, 9.17) is 4.74 Å². The Bertz CT molecular complexity index is 716. The summed E-state index contributed by atoms with van der Waals surface area (Å²) in [5.74, 6) is -2.74. The van der Waals surface area contributed by atoms with Gasteiger partial charge in [0, 0.05) is 6.20 Å². The van der Waals surface area contributed by atoms with Crippen LogP contribution >= 0.6 is 0 Å². The van der Waals surface area contributed by atoms with Crippen LogP contribution in [0, 0.1) is 6.92 Å². The molecular formula is C14H12F3NO3. The molecule has 0 atom stereocenters. The monoisotopic (exact) mass is 299 g/mol. The first-order valence-electron chi connectivity index (χ1n) is 6.17. The van der Waals surface area contributed by atoms with E-state index >= 15 is 0 Å². The molecular weight excluding hydrogens is 287 g/mol. The van der Waals surface area contributed by atoms with Crippen molar-refractivity contribution in [1.29, 1.82) is 0 Å². The molecule has 0 N–H and O–H groups in total. The molecule has 112 valence electrons. The van der Waals surface area contributed by atoms with Crippen molar-refractivity contribution in [3.8, 4) is 0 Å². The van der Waals surface area contributed by atoms with E-state index < -0.39 is 23.5 Å². The molecule has 0 radical (unpaired) electrons. The van der Waals surface area contributed by atoms with Gasteiger partial charge in [0.25, 0.3) is 5.78 Å². The lowest BCUT2D eigenvalue weighted by Gasteiger charge is -2.05. The lowest BCUT2D eigenvalue weighted by Crippen LogP contribution is -2.23. The number of hydrogen-bond acceptors (Lipinski definition) is 3. The molecule has 0 fully saturated rings. The van der Waals surface area contributed by atoms with Crippen molar-refractivity contribution < 1.29 is 27.5 Å². The van der Waals surface area contributed by atoms with Crippen LogP contribution < -0.4 is 0 Å². The van der Waals surface area contributed by atoms with Gasteiger partial charge in [-0.3, -0.25) is 4.79 Å². The molecule has 0 aliphatic heterocycles. The fourth-order valence-corrected chi connectivity index (χ4v) is 2.21. The lowest BCUT2D eigenvalue weighted by atomic mass is 10.1. The second-order valence-electron chi connectivity index (χ2n) is 4.35. The number of pyridine rings is 1. The van der Waals surface area contributed by atoms with E-state index in [9.17, 15) is 22.8 Å². The van der Waals surface area contributed by atoms with Crippen molar-refractivity contribution in [3.63, 3.8) is 0 Å². The molecule has 0 unspecified atom stereocenters. The van der Waals surface area contributed by atoms with Gasteiger partial charge in [-0.15, -0.1) is 0 Å². The van der Waals surface area contributed by atoms with Gasteiger partial charge >= 0.3 is 12.1 Å². The highest BCUT2D eigenvalue weighted by atomic mass is 19.4. The average molecular weight is 299 g/mol. The number of rotatable bonds is 3. The average Bonchev–Trinajstić information content (AvgIpc) is 2.69. The summed E-state index contributed by atoms with van der Waals surface area (Å²) >= 11 is 0.